The van der Waals surface area contributed by atoms with Gasteiger partial charge in [-0.3, -0.25) is 0 Å². The van der Waals surface area contributed by atoms with Gasteiger partial charge in [0.25, 0.3) is 10.2 Å². The number of hydrogen-bond donors (Lipinski definition) is 4. The number of aliphatic hydroxyl groups excluding tert-OH is 2. The SMILES string of the molecule is CCCCCCCCCCCCCCCCCCCCC1OCC(O)C1O.O=[N+]([O-])O.O=[N+]([O-])O. The van der Waals surface area contributed by atoms with E-state index in [9.17, 15) is 10.2 Å². The third-order valence-electron chi connectivity index (χ3n) is 6.10. The van der Waals surface area contributed by atoms with E-state index in [1.165, 1.54) is 109 Å². The second kappa shape index (κ2) is 26.9. The molecule has 3 unspecified atom stereocenters. The van der Waals surface area contributed by atoms with Crippen molar-refractivity contribution in [2.75, 3.05) is 6.61 Å². The smallest absolute Gasteiger partial charge is 0.291 e. The lowest BCUT2D eigenvalue weighted by atomic mass is 10.0. The van der Waals surface area contributed by atoms with Gasteiger partial charge in [-0.2, -0.15) is 0 Å². The maximum absolute atomic E-state index is 9.73. The number of aliphatic hydroxyl groups is 2. The van der Waals surface area contributed by atoms with Crippen LogP contribution in [0.25, 0.3) is 0 Å². The average molecular weight is 511 g/mol. The molecular formula is C24H50N2O9. The summed E-state index contributed by atoms with van der Waals surface area (Å²) in [6.45, 7) is 2.58. The van der Waals surface area contributed by atoms with E-state index in [4.69, 9.17) is 35.4 Å². The average Bonchev–Trinajstić information content (AvgIpc) is 3.10. The standard InChI is InChI=1S/C24H48O3.2HNO3/c1-2-3-4-5-6-7-8-9-10-11-12-13-14-15-16-17-18-19-20-23-24(26)22(25)21-27-23;2*2-1(3)4/h22-26H,2-21H2,1H3;2*(H,2,3,4). The predicted octanol–water partition coefficient (Wildman–Crippen LogP) is 5.84. The van der Waals surface area contributed by atoms with E-state index < -0.39 is 22.4 Å². The second-order valence-corrected chi connectivity index (χ2v) is 9.20. The zero-order valence-electron chi connectivity index (χ0n) is 21.6. The van der Waals surface area contributed by atoms with Gasteiger partial charge >= 0.3 is 0 Å². The number of unbranched alkanes of at least 4 members (excludes halogenated alkanes) is 17. The molecule has 0 aliphatic carbocycles. The van der Waals surface area contributed by atoms with Crippen molar-refractivity contribution in [3.8, 4) is 0 Å². The lowest BCUT2D eigenvalue weighted by Crippen LogP contribution is -2.29. The molecule has 4 N–H and O–H groups in total. The molecule has 1 fully saturated rings. The highest BCUT2D eigenvalue weighted by molar-refractivity contribution is 4.82. The van der Waals surface area contributed by atoms with E-state index in [-0.39, 0.29) is 6.10 Å². The van der Waals surface area contributed by atoms with Crippen molar-refractivity contribution in [3.63, 3.8) is 0 Å². The molecule has 0 spiro atoms. The van der Waals surface area contributed by atoms with E-state index in [1.807, 2.05) is 0 Å². The summed E-state index contributed by atoms with van der Waals surface area (Å²) < 4.78 is 5.41. The Balaban J connectivity index is 0. The molecule has 1 rings (SSSR count). The second-order valence-electron chi connectivity index (χ2n) is 9.20. The molecule has 1 saturated heterocycles. The van der Waals surface area contributed by atoms with Crippen LogP contribution in [0.15, 0.2) is 0 Å². The molecule has 1 aliphatic rings. The summed E-state index contributed by atoms with van der Waals surface area (Å²) in [4.78, 5) is 16.7. The third kappa shape index (κ3) is 30.2. The van der Waals surface area contributed by atoms with Crippen molar-refractivity contribution in [1.82, 2.24) is 0 Å². The molecule has 1 heterocycles. The molecule has 11 nitrogen and oxygen atoms in total. The van der Waals surface area contributed by atoms with Crippen LogP contribution in [0.5, 0.6) is 0 Å². The topological polar surface area (TPSA) is 176 Å². The van der Waals surface area contributed by atoms with Gasteiger partial charge in [0.2, 0.25) is 0 Å². The predicted molar refractivity (Wildman–Crippen MR) is 133 cm³/mol. The Labute approximate surface area is 210 Å². The van der Waals surface area contributed by atoms with Crippen LogP contribution in [0.1, 0.15) is 129 Å². The Kier molecular flexibility index (Phi) is 27.2. The fourth-order valence-corrected chi connectivity index (χ4v) is 4.17. The van der Waals surface area contributed by atoms with E-state index in [0.29, 0.717) is 6.61 Å². The fraction of sp³-hybridized carbons (Fsp3) is 1.00. The number of nitrogens with zero attached hydrogens (tertiary/aromatic N) is 2. The fourth-order valence-electron chi connectivity index (χ4n) is 4.17. The molecule has 35 heavy (non-hydrogen) atoms. The monoisotopic (exact) mass is 510 g/mol. The van der Waals surface area contributed by atoms with Crippen LogP contribution in [0, 0.1) is 20.2 Å². The first kappa shape index (κ1) is 35.4. The van der Waals surface area contributed by atoms with Gasteiger partial charge in [-0.1, -0.05) is 122 Å². The van der Waals surface area contributed by atoms with Crippen LogP contribution in [-0.4, -0.2) is 55.7 Å². The summed E-state index contributed by atoms with van der Waals surface area (Å²) in [7, 11) is 0. The number of hydrogen-bond acceptors (Lipinski definition) is 7. The summed E-state index contributed by atoms with van der Waals surface area (Å²) in [6.07, 6.45) is 24.3. The van der Waals surface area contributed by atoms with Crippen LogP contribution >= 0.6 is 0 Å². The van der Waals surface area contributed by atoms with Crippen molar-refractivity contribution in [3.05, 3.63) is 20.2 Å². The molecule has 3 atom stereocenters. The van der Waals surface area contributed by atoms with E-state index in [1.54, 1.807) is 0 Å². The summed E-state index contributed by atoms with van der Waals surface area (Å²) in [5.74, 6) is 0. The quantitative estimate of drug-likeness (QED) is 0.0943. The Morgan fingerprint density at radius 2 is 0.943 bits per heavy atom. The van der Waals surface area contributed by atoms with Crippen LogP contribution in [0.4, 0.5) is 0 Å². The third-order valence-corrected chi connectivity index (χ3v) is 6.10. The lowest BCUT2D eigenvalue weighted by molar-refractivity contribution is -0.742. The largest absolute Gasteiger partial charge is 0.388 e. The van der Waals surface area contributed by atoms with Gasteiger partial charge in [-0.25, -0.2) is 0 Å². The van der Waals surface area contributed by atoms with Gasteiger partial charge in [-0.15, -0.1) is 20.2 Å². The van der Waals surface area contributed by atoms with E-state index in [0.717, 1.165) is 12.8 Å². The molecule has 0 saturated carbocycles. The molecule has 0 radical (unpaired) electrons. The van der Waals surface area contributed by atoms with Gasteiger partial charge < -0.3 is 25.4 Å². The van der Waals surface area contributed by atoms with Crippen molar-refractivity contribution >= 4 is 0 Å². The summed E-state index contributed by atoms with van der Waals surface area (Å²) >= 11 is 0. The highest BCUT2D eigenvalue weighted by atomic mass is 16.9. The maximum Gasteiger partial charge on any atom is 0.291 e. The molecular weight excluding hydrogens is 460 g/mol. The zero-order valence-corrected chi connectivity index (χ0v) is 21.6. The lowest BCUT2D eigenvalue weighted by Gasteiger charge is -2.14. The molecule has 1 aliphatic heterocycles. The molecule has 210 valence electrons. The highest BCUT2D eigenvalue weighted by Crippen LogP contribution is 2.20. The molecule has 0 amide bonds. The normalized spacial score (nSPS) is 18.8. The first-order chi connectivity index (χ1) is 16.7. The molecule has 0 aromatic rings. The first-order valence-electron chi connectivity index (χ1n) is 13.4. The first-order valence-corrected chi connectivity index (χ1v) is 13.4. The van der Waals surface area contributed by atoms with Gasteiger partial charge in [-0.05, 0) is 6.42 Å². The van der Waals surface area contributed by atoms with Crippen molar-refractivity contribution in [1.29, 1.82) is 0 Å². The zero-order chi connectivity index (χ0) is 26.7. The Morgan fingerprint density at radius 1 is 0.657 bits per heavy atom. The van der Waals surface area contributed by atoms with Crippen molar-refractivity contribution < 1.29 is 35.5 Å². The minimum absolute atomic E-state index is 0.138. The number of ether oxygens (including phenoxy) is 1. The van der Waals surface area contributed by atoms with Gasteiger partial charge in [0.05, 0.1) is 12.7 Å². The Hall–Kier alpha value is -1.72. The van der Waals surface area contributed by atoms with Gasteiger partial charge in [0.15, 0.2) is 0 Å². The molecule has 11 heteroatoms. The minimum Gasteiger partial charge on any atom is -0.388 e. The van der Waals surface area contributed by atoms with Gasteiger partial charge in [0, 0.05) is 0 Å². The summed E-state index contributed by atoms with van der Waals surface area (Å²) in [6, 6.07) is 0. The van der Waals surface area contributed by atoms with Crippen molar-refractivity contribution in [2.45, 2.75) is 147 Å². The van der Waals surface area contributed by atoms with Crippen LogP contribution < -0.4 is 0 Å². The maximum atomic E-state index is 9.73. The Morgan fingerprint density at radius 3 is 1.20 bits per heavy atom. The Bertz CT molecular complexity index is 464. The van der Waals surface area contributed by atoms with Gasteiger partial charge in [0.1, 0.15) is 12.2 Å². The molecule has 0 aromatic heterocycles. The van der Waals surface area contributed by atoms with E-state index >= 15 is 0 Å². The summed E-state index contributed by atoms with van der Waals surface area (Å²) in [5, 5.41) is 46.4. The summed E-state index contributed by atoms with van der Waals surface area (Å²) in [5.41, 5.74) is 0. The van der Waals surface area contributed by atoms with E-state index in [2.05, 4.69) is 6.92 Å². The van der Waals surface area contributed by atoms with Crippen LogP contribution in [0.3, 0.4) is 0 Å². The number of rotatable bonds is 19. The van der Waals surface area contributed by atoms with Crippen molar-refractivity contribution in [2.24, 2.45) is 0 Å². The van der Waals surface area contributed by atoms with Crippen LogP contribution in [0.2, 0.25) is 0 Å². The minimum atomic E-state index is -1.50. The van der Waals surface area contributed by atoms with Crippen LogP contribution in [-0.2, 0) is 4.74 Å². The highest BCUT2D eigenvalue weighted by Gasteiger charge is 2.33. The molecule has 0 bridgehead atoms. The molecule has 0 aromatic carbocycles.